The Kier molecular flexibility index (Phi) is 10.6. The van der Waals surface area contributed by atoms with Gasteiger partial charge in [0.15, 0.2) is 0 Å². The van der Waals surface area contributed by atoms with Crippen LogP contribution in [0, 0.1) is 0 Å². The van der Waals surface area contributed by atoms with E-state index in [-0.39, 0.29) is 0 Å². The second kappa shape index (κ2) is 17.6. The van der Waals surface area contributed by atoms with Gasteiger partial charge in [0, 0.05) is 49.1 Å². The first kappa shape index (κ1) is 40.3. The van der Waals surface area contributed by atoms with Gasteiger partial charge in [-0.2, -0.15) is 0 Å². The SMILES string of the molecule is C1=C(c2ccccc2)CCc2c1c1cc(-c3ccc(N(c4ccc(-c5ccccc5)cc4)c4ccc(-c5ccccc5)cc4)cc3)ccc1n2-c1cccc(-c2ccc(-c3ccccc3)s2)c1. The van der Waals surface area contributed by atoms with Gasteiger partial charge in [-0.25, -0.2) is 0 Å². The van der Waals surface area contributed by atoms with Crippen molar-refractivity contribution in [2.45, 2.75) is 12.8 Å². The van der Waals surface area contributed by atoms with Crippen LogP contribution in [0.4, 0.5) is 17.1 Å². The Hall–Kier alpha value is -8.24. The van der Waals surface area contributed by atoms with Gasteiger partial charge in [0.2, 0.25) is 0 Å². The van der Waals surface area contributed by atoms with E-state index in [4.69, 9.17) is 0 Å². The number of hydrogen-bond acceptors (Lipinski definition) is 2. The molecule has 0 saturated carbocycles. The number of thiophene rings is 1. The van der Waals surface area contributed by atoms with Crippen LogP contribution in [0.5, 0.6) is 0 Å². The Morgan fingerprint density at radius 2 is 0.791 bits per heavy atom. The van der Waals surface area contributed by atoms with E-state index in [9.17, 15) is 0 Å². The lowest BCUT2D eigenvalue weighted by molar-refractivity contribution is 0.898. The topological polar surface area (TPSA) is 8.17 Å². The van der Waals surface area contributed by atoms with Crippen molar-refractivity contribution in [1.29, 1.82) is 0 Å². The average Bonchev–Trinajstić information content (AvgIpc) is 4.04. The van der Waals surface area contributed by atoms with Crippen molar-refractivity contribution in [2.24, 2.45) is 0 Å². The molecule has 0 N–H and O–H groups in total. The van der Waals surface area contributed by atoms with Crippen molar-refractivity contribution < 1.29 is 0 Å². The highest BCUT2D eigenvalue weighted by Crippen LogP contribution is 2.43. The molecule has 12 rings (SSSR count). The van der Waals surface area contributed by atoms with E-state index < -0.39 is 0 Å². The highest BCUT2D eigenvalue weighted by Gasteiger charge is 2.23. The van der Waals surface area contributed by atoms with Crippen molar-refractivity contribution in [1.82, 2.24) is 4.57 Å². The van der Waals surface area contributed by atoms with Crippen LogP contribution >= 0.6 is 11.3 Å². The first-order valence-electron chi connectivity index (χ1n) is 23.1. The maximum atomic E-state index is 2.52. The van der Waals surface area contributed by atoms with Gasteiger partial charge in [-0.1, -0.05) is 176 Å². The quantitative estimate of drug-likeness (QED) is 0.133. The molecule has 0 atom stereocenters. The van der Waals surface area contributed by atoms with Crippen molar-refractivity contribution in [2.75, 3.05) is 4.90 Å². The second-order valence-corrected chi connectivity index (χ2v) is 18.3. The summed E-state index contributed by atoms with van der Waals surface area (Å²) in [5.41, 5.74) is 20.8. The van der Waals surface area contributed by atoms with Crippen molar-refractivity contribution in [3.63, 3.8) is 0 Å². The molecular formula is C64H46N2S. The normalized spacial score (nSPS) is 12.1. The number of allylic oxidation sites excluding steroid dienone is 1. The molecule has 0 amide bonds. The third kappa shape index (κ3) is 7.90. The van der Waals surface area contributed by atoms with Gasteiger partial charge in [0.1, 0.15) is 0 Å². The molecule has 0 aliphatic heterocycles. The zero-order valence-electron chi connectivity index (χ0n) is 37.0. The summed E-state index contributed by atoms with van der Waals surface area (Å²) in [6.07, 6.45) is 4.41. The van der Waals surface area contributed by atoms with Gasteiger partial charge in [0.05, 0.1) is 5.52 Å². The summed E-state index contributed by atoms with van der Waals surface area (Å²) in [4.78, 5) is 4.91. The third-order valence-corrected chi connectivity index (χ3v) is 14.4. The molecular weight excluding hydrogens is 829 g/mol. The van der Waals surface area contributed by atoms with Crippen LogP contribution in [0.25, 0.3) is 82.5 Å². The van der Waals surface area contributed by atoms with Crippen LogP contribution in [0.3, 0.4) is 0 Å². The van der Waals surface area contributed by atoms with Crippen molar-refractivity contribution in [3.05, 3.63) is 266 Å². The van der Waals surface area contributed by atoms with Gasteiger partial charge in [-0.05, 0) is 147 Å². The lowest BCUT2D eigenvalue weighted by Crippen LogP contribution is -2.09. The van der Waals surface area contributed by atoms with Crippen LogP contribution in [-0.4, -0.2) is 4.57 Å². The fourth-order valence-corrected chi connectivity index (χ4v) is 10.8. The monoisotopic (exact) mass is 874 g/mol. The van der Waals surface area contributed by atoms with E-state index in [0.29, 0.717) is 0 Å². The predicted molar refractivity (Wildman–Crippen MR) is 286 cm³/mol. The van der Waals surface area contributed by atoms with E-state index in [0.717, 1.165) is 29.9 Å². The van der Waals surface area contributed by atoms with Gasteiger partial charge in [-0.15, -0.1) is 11.3 Å². The van der Waals surface area contributed by atoms with Crippen LogP contribution in [0.2, 0.25) is 0 Å². The molecule has 2 nitrogen and oxygen atoms in total. The number of rotatable bonds is 10. The Bertz CT molecular complexity index is 3430. The molecule has 0 spiro atoms. The summed E-state index contributed by atoms with van der Waals surface area (Å²) in [6, 6.07) is 90.4. The maximum absolute atomic E-state index is 2.52. The first-order valence-corrected chi connectivity index (χ1v) is 23.9. The second-order valence-electron chi connectivity index (χ2n) is 17.3. The Morgan fingerprint density at radius 1 is 0.343 bits per heavy atom. The summed E-state index contributed by atoms with van der Waals surface area (Å²) in [7, 11) is 0. The van der Waals surface area contributed by atoms with E-state index in [1.54, 1.807) is 0 Å². The highest BCUT2D eigenvalue weighted by atomic mass is 32.1. The number of anilines is 3. The number of fused-ring (bicyclic) bond motifs is 3. The first-order chi connectivity index (χ1) is 33.2. The van der Waals surface area contributed by atoms with Crippen molar-refractivity contribution in [3.8, 4) is 59.9 Å². The summed E-state index contributed by atoms with van der Waals surface area (Å²) in [5, 5.41) is 1.27. The molecule has 11 aromatic rings. The Morgan fingerprint density at radius 3 is 1.34 bits per heavy atom. The standard InChI is InChI=1S/C64H46N2S/c1-5-14-45(15-6-1)48-24-32-55(33-25-48)65(56-34-26-49(27-35-56)46-16-7-2-8-17-46)57-36-28-50(29-37-57)53-31-39-62-60(44-53)59-43-52(47-18-9-3-10-19-47)30-38-61(59)66(62)58-23-13-22-54(42-58)64-41-40-63(67-64)51-20-11-4-12-21-51/h1-29,31-37,39-44H,30,38H2. The largest absolute Gasteiger partial charge is 0.313 e. The molecule has 2 aromatic heterocycles. The molecule has 0 unspecified atom stereocenters. The Balaban J connectivity index is 0.927. The number of nitrogens with zero attached hydrogens (tertiary/aromatic N) is 2. The molecule has 2 heterocycles. The van der Waals surface area contributed by atoms with Crippen LogP contribution in [-0.2, 0) is 6.42 Å². The molecule has 3 heteroatoms. The summed E-state index contributed by atoms with van der Waals surface area (Å²) in [6.45, 7) is 0. The molecule has 318 valence electrons. The van der Waals surface area contributed by atoms with Gasteiger partial charge >= 0.3 is 0 Å². The lowest BCUT2D eigenvalue weighted by atomic mass is 9.91. The van der Waals surface area contributed by atoms with Crippen LogP contribution < -0.4 is 4.90 Å². The number of aromatic nitrogens is 1. The molecule has 9 aromatic carbocycles. The van der Waals surface area contributed by atoms with E-state index in [1.807, 2.05) is 11.3 Å². The Labute approximate surface area is 396 Å². The maximum Gasteiger partial charge on any atom is 0.0538 e. The molecule has 0 radical (unpaired) electrons. The summed E-state index contributed by atoms with van der Waals surface area (Å²) < 4.78 is 2.52. The molecule has 0 saturated heterocycles. The van der Waals surface area contributed by atoms with E-state index in [2.05, 4.69) is 264 Å². The minimum Gasteiger partial charge on any atom is -0.313 e. The van der Waals surface area contributed by atoms with Crippen LogP contribution in [0.1, 0.15) is 23.2 Å². The third-order valence-electron chi connectivity index (χ3n) is 13.2. The van der Waals surface area contributed by atoms with Crippen molar-refractivity contribution >= 4 is 51.0 Å². The lowest BCUT2D eigenvalue weighted by Gasteiger charge is -2.26. The number of benzene rings is 9. The van der Waals surface area contributed by atoms with Gasteiger partial charge in [0.25, 0.3) is 0 Å². The predicted octanol–water partition coefficient (Wildman–Crippen LogP) is 18.0. The molecule has 1 aliphatic rings. The molecule has 1 aliphatic carbocycles. The fourth-order valence-electron chi connectivity index (χ4n) is 9.80. The summed E-state index contributed by atoms with van der Waals surface area (Å²) >= 11 is 1.85. The molecule has 0 bridgehead atoms. The average molecular weight is 875 g/mol. The summed E-state index contributed by atoms with van der Waals surface area (Å²) in [5.74, 6) is 0. The van der Waals surface area contributed by atoms with Gasteiger partial charge < -0.3 is 9.47 Å². The fraction of sp³-hybridized carbons (Fsp3) is 0.0312. The van der Waals surface area contributed by atoms with E-state index in [1.165, 1.54) is 93.2 Å². The smallest absolute Gasteiger partial charge is 0.0538 e. The zero-order valence-corrected chi connectivity index (χ0v) is 37.8. The molecule has 0 fully saturated rings. The zero-order chi connectivity index (χ0) is 44.5. The number of hydrogen-bond donors (Lipinski definition) is 0. The minimum atomic E-state index is 0.963. The van der Waals surface area contributed by atoms with Gasteiger partial charge in [-0.3, -0.25) is 0 Å². The molecule has 67 heavy (non-hydrogen) atoms. The van der Waals surface area contributed by atoms with E-state index >= 15 is 0 Å². The highest BCUT2D eigenvalue weighted by molar-refractivity contribution is 7.18. The minimum absolute atomic E-state index is 0.963. The van der Waals surface area contributed by atoms with Crippen LogP contribution in [0.15, 0.2) is 249 Å².